The molecule has 0 spiro atoms. The molecule has 0 aliphatic rings. The second kappa shape index (κ2) is 6.57. The third-order valence-corrected chi connectivity index (χ3v) is 5.09. The minimum absolute atomic E-state index is 0.900. The van der Waals surface area contributed by atoms with Crippen LogP contribution in [0, 0.1) is 13.8 Å². The van der Waals surface area contributed by atoms with E-state index in [9.17, 15) is 0 Å². The molecule has 0 aromatic carbocycles. The number of fused-ring (bicyclic) bond motifs is 1. The lowest BCUT2D eigenvalue weighted by atomic mass is 10.0. The van der Waals surface area contributed by atoms with Gasteiger partial charge in [0, 0.05) is 35.5 Å². The zero-order valence-corrected chi connectivity index (χ0v) is 14.2. The van der Waals surface area contributed by atoms with Crippen molar-refractivity contribution in [2.75, 3.05) is 5.75 Å². The van der Waals surface area contributed by atoms with Crippen molar-refractivity contribution in [2.24, 2.45) is 0 Å². The highest BCUT2D eigenvalue weighted by molar-refractivity contribution is 7.97. The number of rotatable bonds is 6. The molecule has 0 atom stereocenters. The number of pyridine rings is 1. The molecular weight excluding hydrogens is 292 g/mol. The van der Waals surface area contributed by atoms with E-state index in [1.54, 1.807) is 0 Å². The molecule has 3 aromatic rings. The minimum atomic E-state index is 0.900. The summed E-state index contributed by atoms with van der Waals surface area (Å²) >= 11 is 1.81. The summed E-state index contributed by atoms with van der Waals surface area (Å²) < 4.78 is 2.09. The van der Waals surface area contributed by atoms with E-state index in [-0.39, 0.29) is 0 Å². The molecule has 4 nitrogen and oxygen atoms in total. The normalized spacial score (nSPS) is 11.4. The lowest BCUT2D eigenvalue weighted by Crippen LogP contribution is -1.96. The lowest BCUT2D eigenvalue weighted by molar-refractivity contribution is 0.881. The summed E-state index contributed by atoms with van der Waals surface area (Å²) in [5, 5.41) is 5.90. The maximum absolute atomic E-state index is 4.70. The van der Waals surface area contributed by atoms with Gasteiger partial charge in [-0.2, -0.15) is 5.10 Å². The molecule has 0 aliphatic heterocycles. The Kier molecular flexibility index (Phi) is 4.52. The van der Waals surface area contributed by atoms with Crippen molar-refractivity contribution in [3.8, 4) is 0 Å². The van der Waals surface area contributed by atoms with Gasteiger partial charge in [-0.3, -0.25) is 0 Å². The maximum Gasteiger partial charge on any atom is 0.137 e. The fraction of sp³-hybridized carbons (Fsp3) is 0.412. The summed E-state index contributed by atoms with van der Waals surface area (Å²) in [5.74, 6) is 1.12. The van der Waals surface area contributed by atoms with E-state index in [0.717, 1.165) is 23.5 Å². The van der Waals surface area contributed by atoms with Crippen LogP contribution in [0.5, 0.6) is 0 Å². The number of aromatic amines is 1. The van der Waals surface area contributed by atoms with E-state index in [0.29, 0.717) is 0 Å². The molecular formula is C17H22N4S. The van der Waals surface area contributed by atoms with E-state index in [1.807, 2.05) is 24.2 Å². The minimum Gasteiger partial charge on any atom is -0.346 e. The summed E-state index contributed by atoms with van der Waals surface area (Å²) in [6, 6.07) is 4.11. The van der Waals surface area contributed by atoms with Crippen LogP contribution < -0.4 is 0 Å². The third-order valence-electron chi connectivity index (χ3n) is 4.02. The van der Waals surface area contributed by atoms with Gasteiger partial charge in [-0.1, -0.05) is 13.3 Å². The van der Waals surface area contributed by atoms with Gasteiger partial charge in [0.05, 0.1) is 11.4 Å². The van der Waals surface area contributed by atoms with Crippen molar-refractivity contribution in [1.82, 2.24) is 19.2 Å². The summed E-state index contributed by atoms with van der Waals surface area (Å²) in [4.78, 5) is 7.62. The Morgan fingerprint density at radius 3 is 3.00 bits per heavy atom. The van der Waals surface area contributed by atoms with Crippen LogP contribution >= 0.6 is 11.9 Å². The number of hydrogen-bond acceptors (Lipinski definition) is 3. The van der Waals surface area contributed by atoms with Crippen molar-refractivity contribution in [3.05, 3.63) is 47.0 Å². The van der Waals surface area contributed by atoms with E-state index in [2.05, 4.69) is 47.1 Å². The number of aryl methyl sites for hydroxylation is 1. The maximum atomic E-state index is 4.70. The quantitative estimate of drug-likeness (QED) is 0.691. The third kappa shape index (κ3) is 2.90. The Morgan fingerprint density at radius 2 is 2.18 bits per heavy atom. The molecule has 3 aromatic heterocycles. The van der Waals surface area contributed by atoms with Crippen LogP contribution in [0.2, 0.25) is 0 Å². The van der Waals surface area contributed by atoms with Gasteiger partial charge in [-0.15, -0.1) is 0 Å². The first-order valence-electron chi connectivity index (χ1n) is 7.80. The molecule has 3 rings (SSSR count). The average molecular weight is 314 g/mol. The first-order valence-corrected chi connectivity index (χ1v) is 8.74. The van der Waals surface area contributed by atoms with Crippen molar-refractivity contribution in [3.63, 3.8) is 0 Å². The molecule has 0 saturated heterocycles. The standard InChI is InChI=1S/C17H22N4S/c1-4-5-9-22-21-13(3)16(12(2)20-21)10-14-11-19-17-15(14)7-6-8-18-17/h6-8,11H,4-5,9-10H2,1-3H3,(H,18,19). The second-order valence-electron chi connectivity index (χ2n) is 5.60. The number of nitrogens with zero attached hydrogens (tertiary/aromatic N) is 3. The smallest absolute Gasteiger partial charge is 0.137 e. The summed E-state index contributed by atoms with van der Waals surface area (Å²) in [7, 11) is 0. The van der Waals surface area contributed by atoms with Gasteiger partial charge in [0.1, 0.15) is 5.65 Å². The molecule has 5 heteroatoms. The first-order chi connectivity index (χ1) is 10.7. The molecule has 0 aliphatic carbocycles. The molecule has 1 N–H and O–H groups in total. The highest BCUT2D eigenvalue weighted by Gasteiger charge is 2.14. The highest BCUT2D eigenvalue weighted by Crippen LogP contribution is 2.25. The molecule has 116 valence electrons. The van der Waals surface area contributed by atoms with Crippen LogP contribution in [0.4, 0.5) is 0 Å². The van der Waals surface area contributed by atoms with Crippen molar-refractivity contribution in [1.29, 1.82) is 0 Å². The van der Waals surface area contributed by atoms with Crippen LogP contribution in [0.25, 0.3) is 11.0 Å². The predicted molar refractivity (Wildman–Crippen MR) is 93.4 cm³/mol. The molecule has 0 bridgehead atoms. The second-order valence-corrected chi connectivity index (χ2v) is 6.61. The van der Waals surface area contributed by atoms with Gasteiger partial charge in [-0.05, 0) is 49.9 Å². The number of unbranched alkanes of at least 4 members (excludes halogenated alkanes) is 1. The molecule has 0 saturated carbocycles. The molecule has 0 amide bonds. The summed E-state index contributed by atoms with van der Waals surface area (Å²) in [6.45, 7) is 6.49. The van der Waals surface area contributed by atoms with Gasteiger partial charge >= 0.3 is 0 Å². The van der Waals surface area contributed by atoms with E-state index in [1.165, 1.54) is 35.0 Å². The lowest BCUT2D eigenvalue weighted by Gasteiger charge is -2.04. The van der Waals surface area contributed by atoms with Crippen molar-refractivity contribution in [2.45, 2.75) is 40.0 Å². The average Bonchev–Trinajstić information content (AvgIpc) is 3.05. The molecule has 0 fully saturated rings. The summed E-state index contributed by atoms with van der Waals surface area (Å²) in [5.41, 5.74) is 5.95. The molecule has 0 unspecified atom stereocenters. The summed E-state index contributed by atoms with van der Waals surface area (Å²) in [6.07, 6.45) is 7.24. The zero-order valence-electron chi connectivity index (χ0n) is 13.4. The van der Waals surface area contributed by atoms with Crippen LogP contribution in [-0.2, 0) is 6.42 Å². The van der Waals surface area contributed by atoms with E-state index in [4.69, 9.17) is 5.10 Å². The molecule has 3 heterocycles. The van der Waals surface area contributed by atoms with E-state index < -0.39 is 0 Å². The Hall–Kier alpha value is -1.75. The Balaban J connectivity index is 1.86. The van der Waals surface area contributed by atoms with Crippen LogP contribution in [0.15, 0.2) is 24.5 Å². The molecule has 22 heavy (non-hydrogen) atoms. The Labute approximate surface area is 135 Å². The predicted octanol–water partition coefficient (Wildman–Crippen LogP) is 4.26. The number of nitrogens with one attached hydrogen (secondary N) is 1. The fourth-order valence-electron chi connectivity index (χ4n) is 2.68. The largest absolute Gasteiger partial charge is 0.346 e. The van der Waals surface area contributed by atoms with Crippen molar-refractivity contribution >= 4 is 23.0 Å². The number of aromatic nitrogens is 4. The van der Waals surface area contributed by atoms with Crippen LogP contribution in [0.1, 0.15) is 42.3 Å². The van der Waals surface area contributed by atoms with Gasteiger partial charge in [0.15, 0.2) is 0 Å². The van der Waals surface area contributed by atoms with E-state index >= 15 is 0 Å². The van der Waals surface area contributed by atoms with Crippen LogP contribution in [0.3, 0.4) is 0 Å². The fourth-order valence-corrected chi connectivity index (χ4v) is 3.75. The SMILES string of the molecule is CCCCSn1nc(C)c(Cc2c[nH]c3ncccc23)c1C. The van der Waals surface area contributed by atoms with Crippen LogP contribution in [-0.4, -0.2) is 24.9 Å². The monoisotopic (exact) mass is 314 g/mol. The molecule has 0 radical (unpaired) electrons. The van der Waals surface area contributed by atoms with Gasteiger partial charge < -0.3 is 4.98 Å². The van der Waals surface area contributed by atoms with Gasteiger partial charge in [-0.25, -0.2) is 9.07 Å². The first kappa shape index (κ1) is 15.2. The number of hydrogen-bond donors (Lipinski definition) is 1. The van der Waals surface area contributed by atoms with Crippen molar-refractivity contribution < 1.29 is 0 Å². The Morgan fingerprint density at radius 1 is 1.32 bits per heavy atom. The Bertz CT molecular complexity index is 772. The topological polar surface area (TPSA) is 46.5 Å². The highest BCUT2D eigenvalue weighted by atomic mass is 32.2. The van der Waals surface area contributed by atoms with Gasteiger partial charge in [0.2, 0.25) is 0 Å². The zero-order chi connectivity index (χ0) is 15.5. The number of H-pyrrole nitrogens is 1. The van der Waals surface area contributed by atoms with Gasteiger partial charge in [0.25, 0.3) is 0 Å².